The van der Waals surface area contributed by atoms with Crippen LogP contribution in [0.15, 0.2) is 18.2 Å². The van der Waals surface area contributed by atoms with Crippen LogP contribution in [-0.4, -0.2) is 44.7 Å². The molecule has 0 spiro atoms. The molecule has 1 N–H and O–H groups in total. The van der Waals surface area contributed by atoms with E-state index in [1.54, 1.807) is 14.2 Å². The smallest absolute Gasteiger partial charge is 0.236 e. The van der Waals surface area contributed by atoms with Crippen molar-refractivity contribution >= 4 is 5.91 Å². The van der Waals surface area contributed by atoms with E-state index in [0.717, 1.165) is 43.0 Å². The molecule has 116 valence electrons. The highest BCUT2D eigenvalue weighted by Crippen LogP contribution is 2.29. The molecule has 1 atom stereocenters. The van der Waals surface area contributed by atoms with E-state index >= 15 is 0 Å². The fourth-order valence-electron chi connectivity index (χ4n) is 2.60. The van der Waals surface area contributed by atoms with E-state index in [-0.39, 0.29) is 11.9 Å². The summed E-state index contributed by atoms with van der Waals surface area (Å²) in [5, 5.41) is 3.28. The summed E-state index contributed by atoms with van der Waals surface area (Å²) in [6.45, 7) is 4.17. The molecule has 1 heterocycles. The molecular weight excluding hydrogens is 268 g/mol. The fourth-order valence-corrected chi connectivity index (χ4v) is 2.60. The van der Waals surface area contributed by atoms with Crippen molar-refractivity contribution in [3.05, 3.63) is 23.8 Å². The van der Waals surface area contributed by atoms with Gasteiger partial charge in [-0.1, -0.05) is 6.07 Å². The van der Waals surface area contributed by atoms with Crippen LogP contribution in [0.4, 0.5) is 0 Å². The molecular formula is C16H24N2O3. The average molecular weight is 292 g/mol. The van der Waals surface area contributed by atoms with Gasteiger partial charge in [0.05, 0.1) is 20.8 Å². The molecule has 5 nitrogen and oxygen atoms in total. The largest absolute Gasteiger partial charge is 0.497 e. The highest BCUT2D eigenvalue weighted by Gasteiger charge is 2.19. The number of amides is 1. The number of hydrogen-bond acceptors (Lipinski definition) is 4. The van der Waals surface area contributed by atoms with E-state index in [0.29, 0.717) is 6.54 Å². The summed E-state index contributed by atoms with van der Waals surface area (Å²) in [5.41, 5.74) is 1.02. The minimum Gasteiger partial charge on any atom is -0.497 e. The van der Waals surface area contributed by atoms with Gasteiger partial charge in [0.1, 0.15) is 11.5 Å². The zero-order valence-corrected chi connectivity index (χ0v) is 13.0. The molecule has 0 aliphatic carbocycles. The number of carbonyl (C=O) groups is 1. The predicted octanol–water partition coefficient (Wildman–Crippen LogP) is 1.98. The van der Waals surface area contributed by atoms with Gasteiger partial charge < -0.3 is 19.7 Å². The van der Waals surface area contributed by atoms with Crippen molar-refractivity contribution in [3.8, 4) is 11.5 Å². The Labute approximate surface area is 126 Å². The van der Waals surface area contributed by atoms with E-state index in [1.807, 2.05) is 30.0 Å². The van der Waals surface area contributed by atoms with Gasteiger partial charge in [0.25, 0.3) is 0 Å². The lowest BCUT2D eigenvalue weighted by Crippen LogP contribution is -2.37. The Hall–Kier alpha value is -1.75. The quantitative estimate of drug-likeness (QED) is 0.871. The van der Waals surface area contributed by atoms with Crippen LogP contribution in [0.2, 0.25) is 0 Å². The average Bonchev–Trinajstić information content (AvgIpc) is 3.06. The summed E-state index contributed by atoms with van der Waals surface area (Å²) in [5.74, 6) is 1.70. The summed E-state index contributed by atoms with van der Waals surface area (Å²) < 4.78 is 10.6. The molecule has 0 saturated carbocycles. The zero-order chi connectivity index (χ0) is 15.2. The van der Waals surface area contributed by atoms with Crippen molar-refractivity contribution in [2.75, 3.05) is 33.9 Å². The van der Waals surface area contributed by atoms with Gasteiger partial charge in [-0.05, 0) is 25.8 Å². The van der Waals surface area contributed by atoms with Gasteiger partial charge in [0.15, 0.2) is 0 Å². The fraction of sp³-hybridized carbons (Fsp3) is 0.562. The van der Waals surface area contributed by atoms with Gasteiger partial charge in [-0.25, -0.2) is 0 Å². The summed E-state index contributed by atoms with van der Waals surface area (Å²) >= 11 is 0. The van der Waals surface area contributed by atoms with E-state index in [2.05, 4.69) is 5.32 Å². The third-order valence-corrected chi connectivity index (χ3v) is 3.93. The van der Waals surface area contributed by atoms with Crippen molar-refractivity contribution in [3.63, 3.8) is 0 Å². The number of likely N-dealkylation sites (tertiary alicyclic amines) is 1. The van der Waals surface area contributed by atoms with Crippen LogP contribution in [0.25, 0.3) is 0 Å². The lowest BCUT2D eigenvalue weighted by atomic mass is 10.1. The zero-order valence-electron chi connectivity index (χ0n) is 13.0. The molecule has 1 aliphatic rings. The Kier molecular flexibility index (Phi) is 5.44. The molecule has 0 bridgehead atoms. The number of benzene rings is 1. The molecule has 1 fully saturated rings. The van der Waals surface area contributed by atoms with Crippen LogP contribution in [0.3, 0.4) is 0 Å². The van der Waals surface area contributed by atoms with Crippen molar-refractivity contribution < 1.29 is 14.3 Å². The van der Waals surface area contributed by atoms with Gasteiger partial charge >= 0.3 is 0 Å². The van der Waals surface area contributed by atoms with Crippen molar-refractivity contribution in [1.82, 2.24) is 10.2 Å². The highest BCUT2D eigenvalue weighted by molar-refractivity contribution is 5.78. The van der Waals surface area contributed by atoms with Gasteiger partial charge in [-0.15, -0.1) is 0 Å². The third kappa shape index (κ3) is 3.88. The number of nitrogens with zero attached hydrogens (tertiary/aromatic N) is 1. The van der Waals surface area contributed by atoms with Crippen molar-refractivity contribution in [2.45, 2.75) is 25.8 Å². The van der Waals surface area contributed by atoms with Crippen LogP contribution in [0.5, 0.6) is 11.5 Å². The molecule has 1 unspecified atom stereocenters. The Morgan fingerprint density at radius 3 is 2.62 bits per heavy atom. The first-order valence-electron chi connectivity index (χ1n) is 7.38. The van der Waals surface area contributed by atoms with Crippen LogP contribution in [0, 0.1) is 0 Å². The first-order valence-corrected chi connectivity index (χ1v) is 7.38. The summed E-state index contributed by atoms with van der Waals surface area (Å²) in [7, 11) is 3.27. The first kappa shape index (κ1) is 15.6. The Balaban J connectivity index is 1.96. The number of carbonyl (C=O) groups excluding carboxylic acids is 1. The van der Waals surface area contributed by atoms with Crippen molar-refractivity contribution in [1.29, 1.82) is 0 Å². The Bertz CT molecular complexity index is 484. The predicted molar refractivity (Wildman–Crippen MR) is 81.8 cm³/mol. The molecule has 1 aliphatic heterocycles. The Morgan fingerprint density at radius 2 is 2.00 bits per heavy atom. The van der Waals surface area contributed by atoms with Crippen LogP contribution in [0.1, 0.15) is 31.4 Å². The molecule has 1 aromatic rings. The second kappa shape index (κ2) is 7.31. The first-order chi connectivity index (χ1) is 10.2. The van der Waals surface area contributed by atoms with Crippen LogP contribution < -0.4 is 14.8 Å². The van der Waals surface area contributed by atoms with Gasteiger partial charge in [0.2, 0.25) is 5.91 Å². The third-order valence-electron chi connectivity index (χ3n) is 3.93. The van der Waals surface area contributed by atoms with E-state index in [9.17, 15) is 4.79 Å². The highest BCUT2D eigenvalue weighted by atomic mass is 16.5. The number of rotatable bonds is 6. The molecule has 0 radical (unpaired) electrons. The van der Waals surface area contributed by atoms with E-state index in [4.69, 9.17) is 9.47 Å². The molecule has 5 heteroatoms. The lowest BCUT2D eigenvalue weighted by molar-refractivity contribution is -0.129. The summed E-state index contributed by atoms with van der Waals surface area (Å²) in [6.07, 6.45) is 2.24. The SMILES string of the molecule is COc1ccc(C(C)NCC(=O)N2CCCC2)c(OC)c1. The maximum Gasteiger partial charge on any atom is 0.236 e. The van der Waals surface area contributed by atoms with E-state index in [1.165, 1.54) is 0 Å². The molecule has 1 saturated heterocycles. The second-order valence-electron chi connectivity index (χ2n) is 5.30. The number of hydrogen-bond donors (Lipinski definition) is 1. The minimum absolute atomic E-state index is 0.0393. The maximum atomic E-state index is 12.0. The normalized spacial score (nSPS) is 15.9. The lowest BCUT2D eigenvalue weighted by Gasteiger charge is -2.20. The van der Waals surface area contributed by atoms with Crippen LogP contribution in [-0.2, 0) is 4.79 Å². The molecule has 2 rings (SSSR count). The molecule has 21 heavy (non-hydrogen) atoms. The summed E-state index contributed by atoms with van der Waals surface area (Å²) in [6, 6.07) is 5.77. The van der Waals surface area contributed by atoms with Crippen LogP contribution >= 0.6 is 0 Å². The maximum absolute atomic E-state index is 12.0. The summed E-state index contributed by atoms with van der Waals surface area (Å²) in [4.78, 5) is 14.0. The Morgan fingerprint density at radius 1 is 1.29 bits per heavy atom. The standard InChI is InChI=1S/C16H24N2O3/c1-12(17-11-16(19)18-8-4-5-9-18)14-7-6-13(20-2)10-15(14)21-3/h6-7,10,12,17H,4-5,8-9,11H2,1-3H3. The number of ether oxygens (including phenoxy) is 2. The van der Waals surface area contributed by atoms with Gasteiger partial charge in [0, 0.05) is 30.8 Å². The monoisotopic (exact) mass is 292 g/mol. The number of methoxy groups -OCH3 is 2. The molecule has 1 amide bonds. The topological polar surface area (TPSA) is 50.8 Å². The minimum atomic E-state index is 0.0393. The molecule has 1 aromatic carbocycles. The second-order valence-corrected chi connectivity index (χ2v) is 5.30. The van der Waals surface area contributed by atoms with Gasteiger partial charge in [-0.3, -0.25) is 4.79 Å². The molecule has 0 aromatic heterocycles. The van der Waals surface area contributed by atoms with Gasteiger partial charge in [-0.2, -0.15) is 0 Å². The van der Waals surface area contributed by atoms with E-state index < -0.39 is 0 Å². The number of nitrogens with one attached hydrogen (secondary N) is 1. The van der Waals surface area contributed by atoms with Crippen molar-refractivity contribution in [2.24, 2.45) is 0 Å².